The lowest BCUT2D eigenvalue weighted by molar-refractivity contribution is -0.161. The molecule has 41 heavy (non-hydrogen) atoms. The van der Waals surface area contributed by atoms with E-state index in [1.165, 1.54) is 77.0 Å². The van der Waals surface area contributed by atoms with Crippen molar-refractivity contribution >= 4 is 19.8 Å². The zero-order chi connectivity index (χ0) is 30.4. The van der Waals surface area contributed by atoms with Gasteiger partial charge in [0.2, 0.25) is 0 Å². The normalized spacial score (nSPS) is 13.6. The van der Waals surface area contributed by atoms with E-state index >= 15 is 0 Å². The average Bonchev–Trinajstić information content (AvgIpc) is 2.95. The zero-order valence-corrected chi connectivity index (χ0v) is 27.2. The summed E-state index contributed by atoms with van der Waals surface area (Å²) in [5, 5.41) is 0. The third-order valence-electron chi connectivity index (χ3n) is 6.99. The van der Waals surface area contributed by atoms with E-state index < -0.39 is 32.5 Å². The van der Waals surface area contributed by atoms with Crippen LogP contribution in [0.1, 0.15) is 155 Å². The summed E-state index contributed by atoms with van der Waals surface area (Å²) >= 11 is 0. The number of hydrogen-bond acceptors (Lipinski definition) is 8. The highest BCUT2D eigenvalue weighted by Crippen LogP contribution is 2.43. The molecule has 0 rings (SSSR count). The van der Waals surface area contributed by atoms with Crippen LogP contribution in [0.5, 0.6) is 0 Å². The van der Waals surface area contributed by atoms with Crippen molar-refractivity contribution in [3.05, 3.63) is 0 Å². The number of esters is 2. The molecule has 0 radical (unpaired) electrons. The smallest absolute Gasteiger partial charge is 0.462 e. The SMILES string of the molecule is CCCCCCCCCCCCCCCCCC(=O)OC(COC(=O)CCCCCCC)COP(=O)(O)OCCN. The summed E-state index contributed by atoms with van der Waals surface area (Å²) in [5.41, 5.74) is 5.30. The number of phosphoric ester groups is 1. The zero-order valence-electron chi connectivity index (χ0n) is 26.3. The maximum absolute atomic E-state index is 12.4. The number of carbonyl (C=O) groups is 2. The maximum Gasteiger partial charge on any atom is 0.472 e. The van der Waals surface area contributed by atoms with Crippen LogP contribution in [0, 0.1) is 0 Å². The molecule has 0 aliphatic carbocycles. The highest BCUT2D eigenvalue weighted by atomic mass is 31.2. The van der Waals surface area contributed by atoms with Gasteiger partial charge >= 0.3 is 19.8 Å². The molecule has 0 aromatic rings. The number of carbonyl (C=O) groups excluding carboxylic acids is 2. The van der Waals surface area contributed by atoms with Crippen molar-refractivity contribution in [1.29, 1.82) is 0 Å². The van der Waals surface area contributed by atoms with Crippen LogP contribution >= 0.6 is 7.82 Å². The first-order chi connectivity index (χ1) is 19.8. The fourth-order valence-electron chi connectivity index (χ4n) is 4.52. The minimum absolute atomic E-state index is 0.0570. The van der Waals surface area contributed by atoms with Gasteiger partial charge in [0.1, 0.15) is 6.61 Å². The summed E-state index contributed by atoms with van der Waals surface area (Å²) in [7, 11) is -4.35. The molecular formula is C31H62NO8P. The van der Waals surface area contributed by atoms with Gasteiger partial charge in [-0.3, -0.25) is 18.6 Å². The van der Waals surface area contributed by atoms with Crippen molar-refractivity contribution < 1.29 is 37.6 Å². The highest BCUT2D eigenvalue weighted by molar-refractivity contribution is 7.47. The predicted molar refractivity (Wildman–Crippen MR) is 165 cm³/mol. The summed E-state index contributed by atoms with van der Waals surface area (Å²) in [6, 6.07) is 0. The molecule has 9 nitrogen and oxygen atoms in total. The van der Waals surface area contributed by atoms with E-state index in [0.717, 1.165) is 44.9 Å². The summed E-state index contributed by atoms with van der Waals surface area (Å²) in [6.45, 7) is 3.63. The molecule has 0 aliphatic heterocycles. The number of rotatable bonds is 31. The molecule has 0 fully saturated rings. The Bertz CT molecular complexity index is 664. The first kappa shape index (κ1) is 40.0. The van der Waals surface area contributed by atoms with E-state index in [1.807, 2.05) is 0 Å². The van der Waals surface area contributed by atoms with Gasteiger partial charge in [-0.2, -0.15) is 0 Å². The monoisotopic (exact) mass is 607 g/mol. The average molecular weight is 608 g/mol. The number of unbranched alkanes of at least 4 members (excludes halogenated alkanes) is 18. The molecule has 0 aromatic carbocycles. The molecule has 0 aliphatic rings. The van der Waals surface area contributed by atoms with E-state index in [-0.39, 0.29) is 32.6 Å². The molecule has 0 bridgehead atoms. The Hall–Kier alpha value is -0.990. The van der Waals surface area contributed by atoms with Crippen LogP contribution in [0.2, 0.25) is 0 Å². The molecular weight excluding hydrogens is 545 g/mol. The standard InChI is InChI=1S/C31H62NO8P/c1-3-5-7-9-10-11-12-13-14-15-16-17-18-20-22-24-31(34)40-29(28-39-41(35,36)38-26-25-32)27-37-30(33)23-21-19-8-6-4-2/h29H,3-28,32H2,1-2H3,(H,35,36). The molecule has 2 atom stereocenters. The van der Waals surface area contributed by atoms with Crippen LogP contribution in [-0.4, -0.2) is 49.3 Å². The molecule has 0 aromatic heterocycles. The van der Waals surface area contributed by atoms with Crippen molar-refractivity contribution in [2.24, 2.45) is 5.73 Å². The fourth-order valence-corrected chi connectivity index (χ4v) is 5.28. The summed E-state index contributed by atoms with van der Waals surface area (Å²) in [6.07, 6.45) is 23.2. The molecule has 0 heterocycles. The van der Waals surface area contributed by atoms with E-state index in [1.54, 1.807) is 0 Å². The maximum atomic E-state index is 12.4. The minimum atomic E-state index is -4.35. The summed E-state index contributed by atoms with van der Waals surface area (Å²) < 4.78 is 32.3. The molecule has 2 unspecified atom stereocenters. The Balaban J connectivity index is 4.15. The fraction of sp³-hybridized carbons (Fsp3) is 0.935. The van der Waals surface area contributed by atoms with Gasteiger partial charge in [0.05, 0.1) is 13.2 Å². The first-order valence-electron chi connectivity index (χ1n) is 16.5. The number of phosphoric acid groups is 1. The van der Waals surface area contributed by atoms with Gasteiger partial charge in [-0.15, -0.1) is 0 Å². The van der Waals surface area contributed by atoms with Gasteiger partial charge in [-0.1, -0.05) is 129 Å². The molecule has 0 saturated carbocycles. The van der Waals surface area contributed by atoms with Gasteiger partial charge in [-0.25, -0.2) is 4.57 Å². The van der Waals surface area contributed by atoms with Gasteiger partial charge in [0.25, 0.3) is 0 Å². The Morgan fingerprint density at radius 2 is 1.05 bits per heavy atom. The number of nitrogens with two attached hydrogens (primary N) is 1. The van der Waals surface area contributed by atoms with Gasteiger partial charge in [0, 0.05) is 19.4 Å². The Morgan fingerprint density at radius 3 is 1.49 bits per heavy atom. The second kappa shape index (κ2) is 29.1. The van der Waals surface area contributed by atoms with Crippen LogP contribution in [0.25, 0.3) is 0 Å². The summed E-state index contributed by atoms with van der Waals surface area (Å²) in [5.74, 6) is -0.837. The molecule has 244 valence electrons. The lowest BCUT2D eigenvalue weighted by Crippen LogP contribution is -2.29. The highest BCUT2D eigenvalue weighted by Gasteiger charge is 2.25. The van der Waals surface area contributed by atoms with Crippen LogP contribution in [0.4, 0.5) is 0 Å². The molecule has 0 amide bonds. The van der Waals surface area contributed by atoms with E-state index in [4.69, 9.17) is 24.3 Å². The lowest BCUT2D eigenvalue weighted by Gasteiger charge is -2.19. The first-order valence-corrected chi connectivity index (χ1v) is 18.0. The van der Waals surface area contributed by atoms with Gasteiger partial charge in [0.15, 0.2) is 6.10 Å². The van der Waals surface area contributed by atoms with Crippen molar-refractivity contribution in [2.45, 2.75) is 161 Å². The van der Waals surface area contributed by atoms with Gasteiger partial charge in [-0.05, 0) is 12.8 Å². The topological polar surface area (TPSA) is 134 Å². The quantitative estimate of drug-likeness (QED) is 0.0454. The largest absolute Gasteiger partial charge is 0.472 e. The van der Waals surface area contributed by atoms with Crippen molar-refractivity contribution in [3.63, 3.8) is 0 Å². The van der Waals surface area contributed by atoms with E-state index in [0.29, 0.717) is 6.42 Å². The third kappa shape index (κ3) is 28.9. The third-order valence-corrected chi connectivity index (χ3v) is 7.98. The summed E-state index contributed by atoms with van der Waals surface area (Å²) in [4.78, 5) is 34.2. The Morgan fingerprint density at radius 1 is 0.634 bits per heavy atom. The van der Waals surface area contributed by atoms with Crippen molar-refractivity contribution in [2.75, 3.05) is 26.4 Å². The molecule has 0 saturated heterocycles. The lowest BCUT2D eigenvalue weighted by atomic mass is 10.0. The van der Waals surface area contributed by atoms with Crippen molar-refractivity contribution in [3.8, 4) is 0 Å². The Kier molecular flexibility index (Phi) is 28.4. The Labute approximate surface area is 250 Å². The second-order valence-corrected chi connectivity index (χ2v) is 12.5. The number of hydrogen-bond donors (Lipinski definition) is 2. The molecule has 0 spiro atoms. The molecule has 3 N–H and O–H groups in total. The van der Waals surface area contributed by atoms with Gasteiger partial charge < -0.3 is 20.1 Å². The predicted octanol–water partition coefficient (Wildman–Crippen LogP) is 8.16. The van der Waals surface area contributed by atoms with Crippen molar-refractivity contribution in [1.82, 2.24) is 0 Å². The van der Waals surface area contributed by atoms with Crippen LogP contribution in [-0.2, 0) is 32.7 Å². The number of ether oxygens (including phenoxy) is 2. The van der Waals surface area contributed by atoms with Crippen LogP contribution < -0.4 is 5.73 Å². The van der Waals surface area contributed by atoms with E-state index in [2.05, 4.69) is 13.8 Å². The van der Waals surface area contributed by atoms with Crippen LogP contribution in [0.15, 0.2) is 0 Å². The second-order valence-electron chi connectivity index (χ2n) is 11.0. The van der Waals surface area contributed by atoms with E-state index in [9.17, 15) is 19.0 Å². The molecule has 10 heteroatoms. The minimum Gasteiger partial charge on any atom is -0.462 e. The van der Waals surface area contributed by atoms with Crippen LogP contribution in [0.3, 0.4) is 0 Å².